The quantitative estimate of drug-likeness (QED) is 0.552. The number of Topliss-reactive ketones (excluding diaryl/α,β-unsaturated/α-hetero) is 1. The van der Waals surface area contributed by atoms with Crippen molar-refractivity contribution in [3.8, 4) is 6.07 Å². The zero-order valence-electron chi connectivity index (χ0n) is 21.6. The predicted molar refractivity (Wildman–Crippen MR) is 154 cm³/mol. The molecule has 2 aliphatic heterocycles. The third kappa shape index (κ3) is 6.15. The van der Waals surface area contributed by atoms with Crippen molar-refractivity contribution in [3.63, 3.8) is 0 Å². The van der Waals surface area contributed by atoms with Crippen molar-refractivity contribution in [3.05, 3.63) is 93.2 Å². The number of piperazine rings is 1. The lowest BCUT2D eigenvalue weighted by atomic mass is 9.77. The second-order valence-electron chi connectivity index (χ2n) is 9.92. The van der Waals surface area contributed by atoms with Crippen LogP contribution in [0.15, 0.2) is 76.5 Å². The monoisotopic (exact) mass is 548 g/mol. The van der Waals surface area contributed by atoms with Gasteiger partial charge in [0.1, 0.15) is 0 Å². The zero-order chi connectivity index (χ0) is 25.8. The summed E-state index contributed by atoms with van der Waals surface area (Å²) in [6, 6.07) is 20.9. The van der Waals surface area contributed by atoms with E-state index in [4.69, 9.17) is 0 Å². The van der Waals surface area contributed by atoms with E-state index in [9.17, 15) is 14.9 Å². The van der Waals surface area contributed by atoms with Crippen molar-refractivity contribution in [2.45, 2.75) is 38.6 Å². The van der Waals surface area contributed by atoms with E-state index in [1.807, 2.05) is 42.2 Å². The fourth-order valence-corrected chi connectivity index (χ4v) is 6.32. The number of rotatable bonds is 6. The van der Waals surface area contributed by atoms with E-state index in [2.05, 4.69) is 40.6 Å². The smallest absolute Gasteiger partial charge is 0.233 e. The molecule has 38 heavy (non-hydrogen) atoms. The third-order valence-electron chi connectivity index (χ3n) is 7.39. The number of carbonyl (C=O) groups is 2. The number of carbonyl (C=O) groups excluding carboxylic acids is 2. The molecule has 0 saturated carbocycles. The Labute approximate surface area is 235 Å². The number of dihydropyridines is 1. The van der Waals surface area contributed by atoms with Gasteiger partial charge in [-0.2, -0.15) is 5.26 Å². The van der Waals surface area contributed by atoms with E-state index in [1.165, 1.54) is 17.3 Å². The summed E-state index contributed by atoms with van der Waals surface area (Å²) in [6.07, 6.45) is 2.10. The molecule has 1 N–H and O–H groups in total. The van der Waals surface area contributed by atoms with Gasteiger partial charge in [-0.15, -0.1) is 12.4 Å². The van der Waals surface area contributed by atoms with Gasteiger partial charge in [-0.25, -0.2) is 0 Å². The second-order valence-corrected chi connectivity index (χ2v) is 10.9. The van der Waals surface area contributed by atoms with E-state index in [0.29, 0.717) is 30.1 Å². The van der Waals surface area contributed by atoms with E-state index in [1.54, 1.807) is 0 Å². The van der Waals surface area contributed by atoms with Gasteiger partial charge in [-0.1, -0.05) is 71.9 Å². The van der Waals surface area contributed by atoms with Gasteiger partial charge in [-0.3, -0.25) is 14.5 Å². The SMILES string of the molecule is Cc1ccc(C2C(C#N)=C(SCC(=O)N3CCN(Cc4ccccc4)CC3)NC3=C2C(=O)CCC3)cc1.Cl. The van der Waals surface area contributed by atoms with Gasteiger partial charge in [0, 0.05) is 50.4 Å². The summed E-state index contributed by atoms with van der Waals surface area (Å²) >= 11 is 1.39. The average Bonchev–Trinajstić information content (AvgIpc) is 2.92. The van der Waals surface area contributed by atoms with Crippen LogP contribution in [0.2, 0.25) is 0 Å². The van der Waals surface area contributed by atoms with Crippen LogP contribution in [0.4, 0.5) is 0 Å². The molecule has 1 amide bonds. The van der Waals surface area contributed by atoms with Crippen LogP contribution in [0.25, 0.3) is 0 Å². The predicted octanol–water partition coefficient (Wildman–Crippen LogP) is 4.92. The minimum absolute atomic E-state index is 0. The number of nitriles is 1. The van der Waals surface area contributed by atoms with Gasteiger partial charge in [0.15, 0.2) is 5.78 Å². The first-order valence-corrected chi connectivity index (χ1v) is 13.9. The average molecular weight is 549 g/mol. The number of ketones is 1. The Kier molecular flexibility index (Phi) is 9.32. The Balaban J connectivity index is 0.00000336. The fourth-order valence-electron chi connectivity index (χ4n) is 5.35. The van der Waals surface area contributed by atoms with E-state index in [0.717, 1.165) is 54.9 Å². The number of thioether (sulfide) groups is 1. The lowest BCUT2D eigenvalue weighted by molar-refractivity contribution is -0.130. The number of aryl methyl sites for hydroxylation is 1. The van der Waals surface area contributed by atoms with Crippen LogP contribution in [0, 0.1) is 18.3 Å². The van der Waals surface area contributed by atoms with Crippen molar-refractivity contribution >= 4 is 35.9 Å². The highest BCUT2D eigenvalue weighted by Gasteiger charge is 2.37. The summed E-state index contributed by atoms with van der Waals surface area (Å²) in [5.41, 5.74) is 5.53. The maximum atomic E-state index is 13.1. The summed E-state index contributed by atoms with van der Waals surface area (Å²) in [7, 11) is 0. The molecule has 1 fully saturated rings. The van der Waals surface area contributed by atoms with Crippen molar-refractivity contribution in [1.29, 1.82) is 5.26 Å². The highest BCUT2D eigenvalue weighted by atomic mass is 35.5. The fraction of sp³-hybridized carbons (Fsp3) is 0.367. The normalized spacial score (nSPS) is 19.8. The molecule has 1 saturated heterocycles. The molecule has 0 spiro atoms. The Morgan fingerprint density at radius 3 is 2.45 bits per heavy atom. The highest BCUT2D eigenvalue weighted by Crippen LogP contribution is 2.44. The van der Waals surface area contributed by atoms with Crippen molar-refractivity contribution < 1.29 is 9.59 Å². The molecule has 3 aliphatic rings. The minimum Gasteiger partial charge on any atom is -0.352 e. The number of hydrogen-bond acceptors (Lipinski definition) is 6. The highest BCUT2D eigenvalue weighted by molar-refractivity contribution is 8.03. The second kappa shape index (κ2) is 12.7. The zero-order valence-corrected chi connectivity index (χ0v) is 23.2. The van der Waals surface area contributed by atoms with Crippen molar-refractivity contribution in [1.82, 2.24) is 15.1 Å². The molecule has 2 aromatic carbocycles. The summed E-state index contributed by atoms with van der Waals surface area (Å²) < 4.78 is 0. The Bertz CT molecular complexity index is 1280. The molecular weight excluding hydrogens is 516 g/mol. The molecule has 1 unspecified atom stereocenters. The molecule has 2 aromatic rings. The lowest BCUT2D eigenvalue weighted by Crippen LogP contribution is -2.48. The summed E-state index contributed by atoms with van der Waals surface area (Å²) in [5, 5.41) is 14.3. The maximum Gasteiger partial charge on any atom is 0.233 e. The molecule has 0 radical (unpaired) electrons. The first-order chi connectivity index (χ1) is 18.0. The number of nitrogens with one attached hydrogen (secondary N) is 1. The molecular formula is C30H33ClN4O2S. The van der Waals surface area contributed by atoms with Gasteiger partial charge in [0.2, 0.25) is 5.91 Å². The number of nitrogens with zero attached hydrogens (tertiary/aromatic N) is 3. The van der Waals surface area contributed by atoms with Gasteiger partial charge >= 0.3 is 0 Å². The number of halogens is 1. The third-order valence-corrected chi connectivity index (χ3v) is 8.39. The Hall–Kier alpha value is -3.05. The molecule has 8 heteroatoms. The van der Waals surface area contributed by atoms with E-state index >= 15 is 0 Å². The molecule has 2 heterocycles. The minimum atomic E-state index is -0.381. The Morgan fingerprint density at radius 1 is 1.05 bits per heavy atom. The van der Waals surface area contributed by atoms with Crippen LogP contribution < -0.4 is 5.32 Å². The van der Waals surface area contributed by atoms with Crippen LogP contribution in [0.5, 0.6) is 0 Å². The number of benzene rings is 2. The van der Waals surface area contributed by atoms with Crippen LogP contribution in [-0.4, -0.2) is 53.4 Å². The molecule has 1 atom stereocenters. The number of amides is 1. The molecule has 6 nitrogen and oxygen atoms in total. The van der Waals surface area contributed by atoms with Crippen LogP contribution in [-0.2, 0) is 16.1 Å². The summed E-state index contributed by atoms with van der Waals surface area (Å²) in [4.78, 5) is 30.4. The Morgan fingerprint density at radius 2 is 1.76 bits per heavy atom. The maximum absolute atomic E-state index is 13.1. The molecule has 5 rings (SSSR count). The number of allylic oxidation sites excluding steroid dienone is 3. The lowest BCUT2D eigenvalue weighted by Gasteiger charge is -2.35. The van der Waals surface area contributed by atoms with Gasteiger partial charge in [0.05, 0.1) is 28.3 Å². The van der Waals surface area contributed by atoms with Gasteiger partial charge in [0.25, 0.3) is 0 Å². The van der Waals surface area contributed by atoms with E-state index < -0.39 is 0 Å². The molecule has 1 aliphatic carbocycles. The first kappa shape index (κ1) is 28.0. The van der Waals surface area contributed by atoms with Crippen LogP contribution in [0.1, 0.15) is 41.9 Å². The molecule has 198 valence electrons. The van der Waals surface area contributed by atoms with Crippen molar-refractivity contribution in [2.24, 2.45) is 0 Å². The summed E-state index contributed by atoms with van der Waals surface area (Å²) in [5.74, 6) is 0.0836. The largest absolute Gasteiger partial charge is 0.352 e. The first-order valence-electron chi connectivity index (χ1n) is 12.9. The van der Waals surface area contributed by atoms with Crippen molar-refractivity contribution in [2.75, 3.05) is 31.9 Å². The van der Waals surface area contributed by atoms with Crippen LogP contribution >= 0.6 is 24.2 Å². The van der Waals surface area contributed by atoms with Gasteiger partial charge in [-0.05, 0) is 30.9 Å². The molecule has 0 aromatic heterocycles. The standard InChI is InChI=1S/C30H32N4O2S.ClH/c1-21-10-12-23(13-11-21)28-24(18-31)30(32-25-8-5-9-26(35)29(25)28)37-20-27(36)34-16-14-33(15-17-34)19-22-6-3-2-4-7-22;/h2-4,6-7,10-13,28,32H,5,8-9,14-17,19-20H2,1H3;1H. The molecule has 0 bridgehead atoms. The van der Waals surface area contributed by atoms with Crippen LogP contribution in [0.3, 0.4) is 0 Å². The topological polar surface area (TPSA) is 76.4 Å². The number of hydrogen-bond donors (Lipinski definition) is 1. The summed E-state index contributed by atoms with van der Waals surface area (Å²) in [6.45, 7) is 6.04. The van der Waals surface area contributed by atoms with Gasteiger partial charge < -0.3 is 10.2 Å². The van der Waals surface area contributed by atoms with E-state index in [-0.39, 0.29) is 35.8 Å².